The number of aryl methyl sites for hydroxylation is 2. The summed E-state index contributed by atoms with van der Waals surface area (Å²) in [6.07, 6.45) is 1.62. The molecule has 5 rings (SSSR count). The molecular weight excluding hydrogens is 461 g/mol. The Balaban J connectivity index is 1.77. The first-order chi connectivity index (χ1) is 17.3. The molecule has 0 radical (unpaired) electrons. The van der Waals surface area contributed by atoms with E-state index in [2.05, 4.69) is 6.58 Å². The zero-order valence-electron chi connectivity index (χ0n) is 20.1. The SMILES string of the molecule is C=CCOc1ccc(C2c3c(oc4cc(C)c(C)cc4c3=O)C(=O)N2c2ccc(F)cc2)cc1OC. The van der Waals surface area contributed by atoms with Crippen molar-refractivity contribution >= 4 is 22.6 Å². The van der Waals surface area contributed by atoms with Gasteiger partial charge in [-0.2, -0.15) is 0 Å². The number of hydrogen-bond acceptors (Lipinski definition) is 5. The van der Waals surface area contributed by atoms with Gasteiger partial charge in [-0.05, 0) is 79.1 Å². The summed E-state index contributed by atoms with van der Waals surface area (Å²) in [5.41, 5.74) is 3.22. The third kappa shape index (κ3) is 3.73. The smallest absolute Gasteiger partial charge is 0.295 e. The van der Waals surface area contributed by atoms with Gasteiger partial charge in [0.2, 0.25) is 5.76 Å². The van der Waals surface area contributed by atoms with Crippen molar-refractivity contribution in [1.29, 1.82) is 0 Å². The number of fused-ring (bicyclic) bond motifs is 2. The monoisotopic (exact) mass is 485 g/mol. The molecule has 0 N–H and O–H groups in total. The van der Waals surface area contributed by atoms with E-state index in [1.807, 2.05) is 13.8 Å². The van der Waals surface area contributed by atoms with Crippen LogP contribution in [0.3, 0.4) is 0 Å². The van der Waals surface area contributed by atoms with Crippen molar-refractivity contribution in [3.63, 3.8) is 0 Å². The van der Waals surface area contributed by atoms with E-state index in [1.165, 1.54) is 36.3 Å². The van der Waals surface area contributed by atoms with Crippen LogP contribution >= 0.6 is 0 Å². The van der Waals surface area contributed by atoms with Crippen molar-refractivity contribution in [2.24, 2.45) is 0 Å². The Kier molecular flexibility index (Phi) is 5.84. The molecule has 2 heterocycles. The van der Waals surface area contributed by atoms with Crippen molar-refractivity contribution < 1.29 is 23.1 Å². The highest BCUT2D eigenvalue weighted by molar-refractivity contribution is 6.10. The zero-order valence-corrected chi connectivity index (χ0v) is 20.1. The summed E-state index contributed by atoms with van der Waals surface area (Å²) in [7, 11) is 1.51. The van der Waals surface area contributed by atoms with E-state index in [0.717, 1.165) is 11.1 Å². The molecule has 0 bridgehead atoms. The Morgan fingerprint density at radius 1 is 1.03 bits per heavy atom. The molecule has 1 aromatic heterocycles. The average molecular weight is 486 g/mol. The maximum Gasteiger partial charge on any atom is 0.295 e. The maximum atomic E-state index is 13.8. The number of hydrogen-bond donors (Lipinski definition) is 0. The highest BCUT2D eigenvalue weighted by Crippen LogP contribution is 2.43. The largest absolute Gasteiger partial charge is 0.493 e. The van der Waals surface area contributed by atoms with Gasteiger partial charge < -0.3 is 13.9 Å². The number of anilines is 1. The predicted octanol–water partition coefficient (Wildman–Crippen LogP) is 5.87. The molecule has 7 heteroatoms. The maximum absolute atomic E-state index is 13.8. The first kappa shape index (κ1) is 23.4. The molecule has 1 aliphatic heterocycles. The first-order valence-electron chi connectivity index (χ1n) is 11.4. The van der Waals surface area contributed by atoms with Gasteiger partial charge in [-0.3, -0.25) is 14.5 Å². The van der Waals surface area contributed by atoms with Gasteiger partial charge in [0.05, 0.1) is 24.1 Å². The van der Waals surface area contributed by atoms with Gasteiger partial charge in [-0.25, -0.2) is 4.39 Å². The number of amides is 1. The molecule has 4 aromatic rings. The van der Waals surface area contributed by atoms with Crippen molar-refractivity contribution in [2.45, 2.75) is 19.9 Å². The third-order valence-electron chi connectivity index (χ3n) is 6.45. The van der Waals surface area contributed by atoms with Gasteiger partial charge in [-0.1, -0.05) is 18.7 Å². The lowest BCUT2D eigenvalue weighted by Gasteiger charge is -2.26. The topological polar surface area (TPSA) is 69.0 Å². The van der Waals surface area contributed by atoms with Crippen LogP contribution < -0.4 is 19.8 Å². The second-order valence-electron chi connectivity index (χ2n) is 8.67. The Bertz CT molecular complexity index is 1570. The summed E-state index contributed by atoms with van der Waals surface area (Å²) in [6.45, 7) is 7.78. The number of carbonyl (C=O) groups excluding carboxylic acids is 1. The molecule has 182 valence electrons. The average Bonchev–Trinajstić information content (AvgIpc) is 3.17. The molecule has 0 fully saturated rings. The van der Waals surface area contributed by atoms with Crippen LogP contribution in [0.15, 0.2) is 76.5 Å². The molecule has 0 saturated heterocycles. The fourth-order valence-corrected chi connectivity index (χ4v) is 4.53. The molecule has 6 nitrogen and oxygen atoms in total. The van der Waals surface area contributed by atoms with Crippen LogP contribution in [-0.2, 0) is 0 Å². The first-order valence-corrected chi connectivity index (χ1v) is 11.4. The Morgan fingerprint density at radius 3 is 2.44 bits per heavy atom. The van der Waals surface area contributed by atoms with Crippen molar-refractivity contribution in [2.75, 3.05) is 18.6 Å². The van der Waals surface area contributed by atoms with Crippen LogP contribution in [0.1, 0.15) is 38.9 Å². The molecular formula is C29H24FNO5. The number of rotatable bonds is 6. The van der Waals surface area contributed by atoms with Crippen molar-refractivity contribution in [3.8, 4) is 11.5 Å². The second-order valence-corrected chi connectivity index (χ2v) is 8.67. The van der Waals surface area contributed by atoms with E-state index in [4.69, 9.17) is 13.9 Å². The highest BCUT2D eigenvalue weighted by atomic mass is 19.1. The van der Waals surface area contributed by atoms with Gasteiger partial charge in [0, 0.05) is 5.69 Å². The number of nitrogens with zero attached hydrogens (tertiary/aromatic N) is 1. The molecule has 1 unspecified atom stereocenters. The lowest BCUT2D eigenvalue weighted by molar-refractivity contribution is 0.0971. The minimum Gasteiger partial charge on any atom is -0.493 e. The van der Waals surface area contributed by atoms with Gasteiger partial charge in [0.1, 0.15) is 18.0 Å². The quantitative estimate of drug-likeness (QED) is 0.320. The number of methoxy groups -OCH3 is 1. The molecule has 3 aromatic carbocycles. The van der Waals surface area contributed by atoms with Crippen molar-refractivity contribution in [1.82, 2.24) is 0 Å². The lowest BCUT2D eigenvalue weighted by Crippen LogP contribution is -2.29. The highest BCUT2D eigenvalue weighted by Gasteiger charge is 2.44. The van der Waals surface area contributed by atoms with Gasteiger partial charge in [-0.15, -0.1) is 0 Å². The van der Waals surface area contributed by atoms with E-state index in [-0.39, 0.29) is 23.4 Å². The van der Waals surface area contributed by atoms with Gasteiger partial charge >= 0.3 is 0 Å². The van der Waals surface area contributed by atoms with Crippen LogP contribution in [0, 0.1) is 19.7 Å². The standard InChI is InChI=1S/C29H24FNO5/c1-5-12-35-22-11-6-18(15-24(22)34-4)26-25-27(32)21-13-16(2)17(3)14-23(21)36-28(25)29(33)31(26)20-9-7-19(30)8-10-20/h5-11,13-15,26H,1,12H2,2-4H3. The fourth-order valence-electron chi connectivity index (χ4n) is 4.53. The predicted molar refractivity (Wildman–Crippen MR) is 136 cm³/mol. The Labute approximate surface area is 207 Å². The van der Waals surface area contributed by atoms with E-state index in [0.29, 0.717) is 33.7 Å². The van der Waals surface area contributed by atoms with Crippen LogP contribution in [0.5, 0.6) is 11.5 Å². The van der Waals surface area contributed by atoms with Crippen molar-refractivity contribution in [3.05, 3.63) is 111 Å². The summed E-state index contributed by atoms with van der Waals surface area (Å²) in [5.74, 6) is -0.0156. The second kappa shape index (κ2) is 9.00. The summed E-state index contributed by atoms with van der Waals surface area (Å²) < 4.78 is 31.0. The normalized spacial score (nSPS) is 14.7. The minimum atomic E-state index is -0.817. The van der Waals surface area contributed by atoms with E-state index >= 15 is 0 Å². The fraction of sp³-hybridized carbons (Fsp3) is 0.172. The van der Waals surface area contributed by atoms with E-state index in [9.17, 15) is 14.0 Å². The minimum absolute atomic E-state index is 0.0315. The third-order valence-corrected chi connectivity index (χ3v) is 6.45. The number of halogens is 1. The van der Waals surface area contributed by atoms with Crippen LogP contribution in [0.25, 0.3) is 11.0 Å². The summed E-state index contributed by atoms with van der Waals surface area (Å²) in [5, 5.41) is 0.397. The molecule has 1 amide bonds. The molecule has 36 heavy (non-hydrogen) atoms. The number of carbonyl (C=O) groups is 1. The molecule has 1 atom stereocenters. The molecule has 1 aliphatic rings. The van der Waals surface area contributed by atoms with Gasteiger partial charge in [0.15, 0.2) is 16.9 Å². The van der Waals surface area contributed by atoms with E-state index in [1.54, 1.807) is 36.4 Å². The van der Waals surface area contributed by atoms with E-state index < -0.39 is 17.8 Å². The van der Waals surface area contributed by atoms with Crippen LogP contribution in [-0.4, -0.2) is 19.6 Å². The number of benzene rings is 3. The van der Waals surface area contributed by atoms with Crippen LogP contribution in [0.4, 0.5) is 10.1 Å². The Hall–Kier alpha value is -4.39. The molecule has 0 saturated carbocycles. The summed E-state index contributed by atoms with van der Waals surface area (Å²) in [4.78, 5) is 29.0. The summed E-state index contributed by atoms with van der Waals surface area (Å²) in [6, 6.07) is 13.5. The molecule has 0 spiro atoms. The lowest BCUT2D eigenvalue weighted by atomic mass is 9.97. The zero-order chi connectivity index (χ0) is 25.6. The molecule has 0 aliphatic carbocycles. The number of ether oxygens (including phenoxy) is 2. The Morgan fingerprint density at radius 2 is 1.75 bits per heavy atom. The van der Waals surface area contributed by atoms with Gasteiger partial charge in [0.25, 0.3) is 5.91 Å². The summed E-state index contributed by atoms with van der Waals surface area (Å²) >= 11 is 0. The van der Waals surface area contributed by atoms with Crippen LogP contribution in [0.2, 0.25) is 0 Å².